The number of carboxylic acids is 1. The average Bonchev–Trinajstić information content (AvgIpc) is 2.96. The van der Waals surface area contributed by atoms with Crippen LogP contribution < -0.4 is 4.65 Å². The Hall–Kier alpha value is -1.56. The summed E-state index contributed by atoms with van der Waals surface area (Å²) in [5.41, 5.74) is 0.205. The molecule has 3 rings (SSSR count). The summed E-state index contributed by atoms with van der Waals surface area (Å²) < 4.78 is 18.4. The third-order valence-corrected chi connectivity index (χ3v) is 3.20. The van der Waals surface area contributed by atoms with Gasteiger partial charge in [-0.05, 0) is 24.0 Å². The van der Waals surface area contributed by atoms with E-state index in [1.807, 2.05) is 0 Å². The molecule has 1 fully saturated rings. The number of halogens is 1. The van der Waals surface area contributed by atoms with E-state index in [0.717, 1.165) is 12.5 Å². The third-order valence-electron chi connectivity index (χ3n) is 3.20. The number of rotatable bonds is 1. The van der Waals surface area contributed by atoms with Crippen molar-refractivity contribution in [2.75, 3.05) is 0 Å². The summed E-state index contributed by atoms with van der Waals surface area (Å²) >= 11 is 0. The van der Waals surface area contributed by atoms with Crippen LogP contribution >= 0.6 is 0 Å². The number of hydrogen-bond acceptors (Lipinski definition) is 3. The first-order valence-corrected chi connectivity index (χ1v) is 5.00. The third kappa shape index (κ3) is 1.16. The first kappa shape index (κ1) is 9.66. The van der Waals surface area contributed by atoms with Crippen LogP contribution in [0.1, 0.15) is 28.3 Å². The minimum atomic E-state index is -1.37. The van der Waals surface area contributed by atoms with Gasteiger partial charge in [0.1, 0.15) is 17.1 Å². The molecular formula is C10H8BFO4. The number of carboxylic acid groups (broad SMARTS) is 1. The van der Waals surface area contributed by atoms with Crippen LogP contribution in [0.3, 0.4) is 0 Å². The van der Waals surface area contributed by atoms with Gasteiger partial charge in [-0.1, -0.05) is 6.07 Å². The monoisotopic (exact) mass is 222 g/mol. The molecule has 0 bridgehead atoms. The van der Waals surface area contributed by atoms with Crippen molar-refractivity contribution in [3.63, 3.8) is 0 Å². The van der Waals surface area contributed by atoms with Crippen LogP contribution in [0.25, 0.3) is 0 Å². The van der Waals surface area contributed by atoms with Gasteiger partial charge in [0.2, 0.25) is 0 Å². The molecule has 1 aromatic carbocycles. The fourth-order valence-corrected chi connectivity index (χ4v) is 2.29. The normalized spacial score (nSPS) is 25.5. The molecule has 0 amide bonds. The zero-order valence-electron chi connectivity index (χ0n) is 8.18. The van der Waals surface area contributed by atoms with E-state index < -0.39 is 24.5 Å². The maximum Gasteiger partial charge on any atom is 0.526 e. The van der Waals surface area contributed by atoms with Crippen LogP contribution in [0.2, 0.25) is 5.82 Å². The molecular weight excluding hydrogens is 214 g/mol. The lowest BCUT2D eigenvalue weighted by molar-refractivity contribution is 0.0689. The predicted octanol–water partition coefficient (Wildman–Crippen LogP) is 1.25. The lowest BCUT2D eigenvalue weighted by Crippen LogP contribution is -2.27. The van der Waals surface area contributed by atoms with E-state index in [2.05, 4.69) is 0 Å². The summed E-state index contributed by atoms with van der Waals surface area (Å²) in [7, 11) is -1.02. The summed E-state index contributed by atoms with van der Waals surface area (Å²) in [6, 6.07) is 2.67. The molecule has 1 aromatic rings. The first-order chi connectivity index (χ1) is 7.59. The lowest BCUT2D eigenvalue weighted by atomic mass is 9.77. The molecule has 0 aromatic heterocycles. The highest BCUT2D eigenvalue weighted by Crippen LogP contribution is 2.60. The Morgan fingerprint density at radius 3 is 3.00 bits per heavy atom. The summed E-state index contributed by atoms with van der Waals surface area (Å²) in [5.74, 6) is -2.09. The number of hydrogen-bond donors (Lipinski definition) is 2. The maximum absolute atomic E-state index is 13.4. The number of carbonyl (C=O) groups is 1. The Morgan fingerprint density at radius 2 is 2.31 bits per heavy atom. The molecule has 4 nitrogen and oxygen atoms in total. The summed E-state index contributed by atoms with van der Waals surface area (Å²) in [4.78, 5) is 10.9. The highest BCUT2D eigenvalue weighted by Gasteiger charge is 2.54. The van der Waals surface area contributed by atoms with Gasteiger partial charge in [-0.3, -0.25) is 0 Å². The Kier molecular flexibility index (Phi) is 1.80. The van der Waals surface area contributed by atoms with Crippen molar-refractivity contribution < 1.29 is 24.0 Å². The molecule has 0 radical (unpaired) electrons. The quantitative estimate of drug-likeness (QED) is 0.701. The molecule has 82 valence electrons. The van der Waals surface area contributed by atoms with Crippen molar-refractivity contribution in [3.8, 4) is 5.75 Å². The second kappa shape index (κ2) is 2.98. The summed E-state index contributed by atoms with van der Waals surface area (Å²) in [5, 5.41) is 18.4. The minimum Gasteiger partial charge on any atom is -0.535 e. The number of aromatic carboxylic acids is 1. The fraction of sp³-hybridized carbons (Fsp3) is 0.300. The summed E-state index contributed by atoms with van der Waals surface area (Å²) in [6.07, 6.45) is 0.763. The first-order valence-electron chi connectivity index (χ1n) is 5.00. The Bertz CT molecular complexity index is 490. The van der Waals surface area contributed by atoms with Crippen molar-refractivity contribution in [1.29, 1.82) is 0 Å². The van der Waals surface area contributed by atoms with Crippen LogP contribution in [0.15, 0.2) is 12.1 Å². The average molecular weight is 222 g/mol. The SMILES string of the molecule is O=C(O)c1c(F)ccc2c1OB(O)C1C[C@H]21. The van der Waals surface area contributed by atoms with Crippen molar-refractivity contribution in [3.05, 3.63) is 29.1 Å². The van der Waals surface area contributed by atoms with E-state index in [1.54, 1.807) is 0 Å². The second-order valence-electron chi connectivity index (χ2n) is 4.16. The van der Waals surface area contributed by atoms with Crippen LogP contribution in [-0.2, 0) is 0 Å². The zero-order valence-corrected chi connectivity index (χ0v) is 8.18. The topological polar surface area (TPSA) is 66.8 Å². The highest BCUT2D eigenvalue weighted by molar-refractivity contribution is 6.48. The molecule has 2 aliphatic rings. The molecule has 2 N–H and O–H groups in total. The van der Waals surface area contributed by atoms with Gasteiger partial charge < -0.3 is 14.8 Å². The number of fused-ring (bicyclic) bond motifs is 3. The molecule has 2 atom stereocenters. The minimum absolute atomic E-state index is 0.0150. The van der Waals surface area contributed by atoms with Gasteiger partial charge in [0.05, 0.1) is 0 Å². The Balaban J connectivity index is 2.19. The van der Waals surface area contributed by atoms with Gasteiger partial charge >= 0.3 is 13.1 Å². The van der Waals surface area contributed by atoms with Gasteiger partial charge in [-0.15, -0.1) is 0 Å². The van der Waals surface area contributed by atoms with Crippen LogP contribution in [-0.4, -0.2) is 23.2 Å². The molecule has 0 spiro atoms. The molecule has 1 unspecified atom stereocenters. The second-order valence-corrected chi connectivity index (χ2v) is 4.16. The van der Waals surface area contributed by atoms with E-state index in [4.69, 9.17) is 9.76 Å². The zero-order chi connectivity index (χ0) is 11.4. The molecule has 1 heterocycles. The molecule has 1 aliphatic carbocycles. The molecule has 1 saturated carbocycles. The fourth-order valence-electron chi connectivity index (χ4n) is 2.29. The molecule has 1 aliphatic heterocycles. The van der Waals surface area contributed by atoms with E-state index in [1.165, 1.54) is 6.07 Å². The smallest absolute Gasteiger partial charge is 0.526 e. The Morgan fingerprint density at radius 1 is 1.56 bits per heavy atom. The number of benzene rings is 1. The standard InChI is InChI=1S/C10H8BFO4/c12-7-2-1-4-5-3-6(5)11(15)16-9(4)8(7)10(13)14/h1-2,5-6,15H,3H2,(H,13,14)/t5-,6?/m1/s1. The van der Waals surface area contributed by atoms with Crippen molar-refractivity contribution in [2.24, 2.45) is 0 Å². The molecule has 16 heavy (non-hydrogen) atoms. The van der Waals surface area contributed by atoms with Crippen molar-refractivity contribution in [1.82, 2.24) is 0 Å². The Labute approximate surface area is 90.8 Å². The maximum atomic E-state index is 13.4. The van der Waals surface area contributed by atoms with E-state index in [-0.39, 0.29) is 17.5 Å². The summed E-state index contributed by atoms with van der Waals surface area (Å²) in [6.45, 7) is 0. The van der Waals surface area contributed by atoms with Gasteiger partial charge in [-0.2, -0.15) is 0 Å². The van der Waals surface area contributed by atoms with E-state index >= 15 is 0 Å². The molecule has 6 heteroatoms. The predicted molar refractivity (Wildman–Crippen MR) is 53.1 cm³/mol. The van der Waals surface area contributed by atoms with E-state index in [0.29, 0.717) is 5.56 Å². The van der Waals surface area contributed by atoms with Gasteiger partial charge in [-0.25, -0.2) is 9.18 Å². The van der Waals surface area contributed by atoms with Crippen LogP contribution in [0.5, 0.6) is 5.75 Å². The lowest BCUT2D eigenvalue weighted by Gasteiger charge is -2.21. The van der Waals surface area contributed by atoms with Crippen molar-refractivity contribution in [2.45, 2.75) is 18.2 Å². The van der Waals surface area contributed by atoms with Gasteiger partial charge in [0, 0.05) is 5.82 Å². The van der Waals surface area contributed by atoms with Crippen LogP contribution in [0.4, 0.5) is 4.39 Å². The van der Waals surface area contributed by atoms with Gasteiger partial charge in [0.25, 0.3) is 0 Å². The van der Waals surface area contributed by atoms with Crippen molar-refractivity contribution >= 4 is 13.1 Å². The highest BCUT2D eigenvalue weighted by atomic mass is 19.1. The van der Waals surface area contributed by atoms with Crippen LogP contribution in [0, 0.1) is 5.82 Å². The van der Waals surface area contributed by atoms with Gasteiger partial charge in [0.15, 0.2) is 0 Å². The molecule has 0 saturated heterocycles. The largest absolute Gasteiger partial charge is 0.535 e. The van der Waals surface area contributed by atoms with E-state index in [9.17, 15) is 14.2 Å².